The number of nitrogens with zero attached hydrogens (tertiary/aromatic N) is 2. The van der Waals surface area contributed by atoms with Gasteiger partial charge in [-0.3, -0.25) is 14.6 Å². The molecule has 0 unspecified atom stereocenters. The molecule has 29 heavy (non-hydrogen) atoms. The van der Waals surface area contributed by atoms with Crippen molar-refractivity contribution in [2.45, 2.75) is 26.4 Å². The SMILES string of the molecule is COc1ccc(C)cc1CN1CCN(CC(=O)N[C@@H](C)c2ccccc2Cl)CC1. The Balaban J connectivity index is 1.47. The Hall–Kier alpha value is -2.08. The molecule has 1 fully saturated rings. The van der Waals surface area contributed by atoms with Crippen molar-refractivity contribution in [3.63, 3.8) is 0 Å². The summed E-state index contributed by atoms with van der Waals surface area (Å²) in [5.74, 6) is 0.970. The predicted molar refractivity (Wildman–Crippen MR) is 117 cm³/mol. The van der Waals surface area contributed by atoms with Crippen LogP contribution in [0.2, 0.25) is 5.02 Å². The van der Waals surface area contributed by atoms with Crippen LogP contribution >= 0.6 is 11.6 Å². The molecule has 3 rings (SSSR count). The van der Waals surface area contributed by atoms with Crippen LogP contribution in [0.5, 0.6) is 5.75 Å². The summed E-state index contributed by atoms with van der Waals surface area (Å²) in [6, 6.07) is 13.8. The van der Waals surface area contributed by atoms with E-state index in [1.165, 1.54) is 11.1 Å². The van der Waals surface area contributed by atoms with Gasteiger partial charge in [-0.15, -0.1) is 0 Å². The van der Waals surface area contributed by atoms with Gasteiger partial charge in [-0.25, -0.2) is 0 Å². The van der Waals surface area contributed by atoms with E-state index < -0.39 is 0 Å². The van der Waals surface area contributed by atoms with Crippen molar-refractivity contribution < 1.29 is 9.53 Å². The lowest BCUT2D eigenvalue weighted by Crippen LogP contribution is -2.49. The van der Waals surface area contributed by atoms with Crippen molar-refractivity contribution in [1.82, 2.24) is 15.1 Å². The minimum atomic E-state index is -0.105. The summed E-state index contributed by atoms with van der Waals surface area (Å²) in [4.78, 5) is 17.1. The Morgan fingerprint density at radius 3 is 2.52 bits per heavy atom. The van der Waals surface area contributed by atoms with Gasteiger partial charge < -0.3 is 10.1 Å². The first-order valence-electron chi connectivity index (χ1n) is 10.1. The van der Waals surface area contributed by atoms with Gasteiger partial charge in [-0.05, 0) is 31.5 Å². The molecule has 0 aromatic heterocycles. The molecule has 0 spiro atoms. The number of methoxy groups -OCH3 is 1. The molecular weight excluding hydrogens is 386 g/mol. The maximum atomic E-state index is 12.5. The van der Waals surface area contributed by atoms with E-state index in [-0.39, 0.29) is 11.9 Å². The molecule has 0 radical (unpaired) electrons. The first-order valence-corrected chi connectivity index (χ1v) is 10.5. The Morgan fingerprint density at radius 2 is 1.83 bits per heavy atom. The monoisotopic (exact) mass is 415 g/mol. The number of carbonyl (C=O) groups excluding carboxylic acids is 1. The van der Waals surface area contributed by atoms with Gasteiger partial charge in [0.15, 0.2) is 0 Å². The maximum absolute atomic E-state index is 12.5. The lowest BCUT2D eigenvalue weighted by molar-refractivity contribution is -0.123. The Kier molecular flexibility index (Phi) is 7.53. The number of piperazine rings is 1. The number of rotatable bonds is 7. The molecule has 0 aliphatic carbocycles. The topological polar surface area (TPSA) is 44.8 Å². The van der Waals surface area contributed by atoms with E-state index in [4.69, 9.17) is 16.3 Å². The fraction of sp³-hybridized carbons (Fsp3) is 0.435. The van der Waals surface area contributed by atoms with E-state index in [0.717, 1.165) is 44.0 Å². The summed E-state index contributed by atoms with van der Waals surface area (Å²) in [6.07, 6.45) is 0. The van der Waals surface area contributed by atoms with E-state index in [1.807, 2.05) is 37.3 Å². The highest BCUT2D eigenvalue weighted by atomic mass is 35.5. The van der Waals surface area contributed by atoms with Crippen molar-refractivity contribution in [3.05, 3.63) is 64.2 Å². The van der Waals surface area contributed by atoms with Crippen LogP contribution in [-0.4, -0.2) is 55.5 Å². The molecule has 1 heterocycles. The maximum Gasteiger partial charge on any atom is 0.234 e. The van der Waals surface area contributed by atoms with Gasteiger partial charge in [0.05, 0.1) is 19.7 Å². The fourth-order valence-corrected chi connectivity index (χ4v) is 4.07. The smallest absolute Gasteiger partial charge is 0.234 e. The second kappa shape index (κ2) is 10.1. The molecule has 1 amide bonds. The second-order valence-electron chi connectivity index (χ2n) is 7.68. The molecule has 1 N–H and O–H groups in total. The number of halogens is 1. The highest BCUT2D eigenvalue weighted by Gasteiger charge is 2.21. The van der Waals surface area contributed by atoms with Gasteiger partial charge in [-0.2, -0.15) is 0 Å². The fourth-order valence-electron chi connectivity index (χ4n) is 3.77. The average Bonchev–Trinajstić information content (AvgIpc) is 2.70. The van der Waals surface area contributed by atoms with Crippen LogP contribution in [0.3, 0.4) is 0 Å². The van der Waals surface area contributed by atoms with Gasteiger partial charge in [0.2, 0.25) is 5.91 Å². The first kappa shape index (κ1) is 21.6. The summed E-state index contributed by atoms with van der Waals surface area (Å²) < 4.78 is 5.50. The quantitative estimate of drug-likeness (QED) is 0.749. The summed E-state index contributed by atoms with van der Waals surface area (Å²) in [5.41, 5.74) is 3.40. The number of hydrogen-bond acceptors (Lipinski definition) is 4. The van der Waals surface area contributed by atoms with Gasteiger partial charge >= 0.3 is 0 Å². The summed E-state index contributed by atoms with van der Waals surface area (Å²) in [7, 11) is 1.72. The van der Waals surface area contributed by atoms with Gasteiger partial charge in [-0.1, -0.05) is 47.5 Å². The van der Waals surface area contributed by atoms with Crippen molar-refractivity contribution in [1.29, 1.82) is 0 Å². The largest absolute Gasteiger partial charge is 0.496 e. The Morgan fingerprint density at radius 1 is 1.14 bits per heavy atom. The van der Waals surface area contributed by atoms with E-state index >= 15 is 0 Å². The van der Waals surface area contributed by atoms with Crippen LogP contribution in [0.15, 0.2) is 42.5 Å². The van der Waals surface area contributed by atoms with Crippen molar-refractivity contribution in [2.24, 2.45) is 0 Å². The van der Waals surface area contributed by atoms with Crippen LogP contribution < -0.4 is 10.1 Å². The van der Waals surface area contributed by atoms with Crippen LogP contribution in [0.4, 0.5) is 0 Å². The number of benzene rings is 2. The molecule has 5 nitrogen and oxygen atoms in total. The van der Waals surface area contributed by atoms with Gasteiger partial charge in [0, 0.05) is 43.3 Å². The number of amides is 1. The minimum absolute atomic E-state index is 0.0335. The van der Waals surface area contributed by atoms with Crippen LogP contribution in [0.25, 0.3) is 0 Å². The van der Waals surface area contributed by atoms with Gasteiger partial charge in [0.1, 0.15) is 5.75 Å². The zero-order valence-electron chi connectivity index (χ0n) is 17.5. The molecule has 1 saturated heterocycles. The third-order valence-electron chi connectivity index (χ3n) is 5.41. The molecule has 2 aromatic rings. The number of aryl methyl sites for hydroxylation is 1. The summed E-state index contributed by atoms with van der Waals surface area (Å²) in [5, 5.41) is 3.74. The predicted octanol–water partition coefficient (Wildman–Crippen LogP) is 3.65. The number of nitrogens with one attached hydrogen (secondary N) is 1. The van der Waals surface area contributed by atoms with Crippen molar-refractivity contribution in [3.8, 4) is 5.75 Å². The number of hydrogen-bond donors (Lipinski definition) is 1. The zero-order valence-corrected chi connectivity index (χ0v) is 18.2. The van der Waals surface area contributed by atoms with Crippen LogP contribution in [0, 0.1) is 6.92 Å². The Bertz CT molecular complexity index is 835. The van der Waals surface area contributed by atoms with E-state index in [9.17, 15) is 4.79 Å². The molecular formula is C23H30ClN3O2. The van der Waals surface area contributed by atoms with Crippen LogP contribution in [0.1, 0.15) is 29.7 Å². The molecule has 0 bridgehead atoms. The molecule has 1 aliphatic rings. The molecule has 1 aliphatic heterocycles. The normalized spacial score (nSPS) is 16.4. The highest BCUT2D eigenvalue weighted by Crippen LogP contribution is 2.23. The standard InChI is InChI=1S/C23H30ClN3O2/c1-17-8-9-22(29-3)19(14-17)15-26-10-12-27(13-11-26)16-23(28)25-18(2)20-6-4-5-7-21(20)24/h4-9,14,18H,10-13,15-16H2,1-3H3,(H,25,28)/t18-/m0/s1. The second-order valence-corrected chi connectivity index (χ2v) is 8.09. The third-order valence-corrected chi connectivity index (χ3v) is 5.76. The summed E-state index contributed by atoms with van der Waals surface area (Å²) >= 11 is 6.23. The average molecular weight is 416 g/mol. The zero-order chi connectivity index (χ0) is 20.8. The van der Waals surface area contributed by atoms with Crippen molar-refractivity contribution in [2.75, 3.05) is 39.8 Å². The summed E-state index contributed by atoms with van der Waals surface area (Å²) in [6.45, 7) is 8.97. The Labute approximate surface area is 178 Å². The van der Waals surface area contributed by atoms with Gasteiger partial charge in [0.25, 0.3) is 0 Å². The highest BCUT2D eigenvalue weighted by molar-refractivity contribution is 6.31. The number of carbonyl (C=O) groups is 1. The van der Waals surface area contributed by atoms with E-state index in [0.29, 0.717) is 11.6 Å². The molecule has 0 saturated carbocycles. The lowest BCUT2D eigenvalue weighted by Gasteiger charge is -2.34. The lowest BCUT2D eigenvalue weighted by atomic mass is 10.1. The number of ether oxygens (including phenoxy) is 1. The van der Waals surface area contributed by atoms with E-state index in [2.05, 4.69) is 34.2 Å². The molecule has 2 aromatic carbocycles. The van der Waals surface area contributed by atoms with Crippen LogP contribution in [-0.2, 0) is 11.3 Å². The van der Waals surface area contributed by atoms with Crippen molar-refractivity contribution >= 4 is 17.5 Å². The molecule has 156 valence electrons. The third kappa shape index (κ3) is 5.95. The first-order chi connectivity index (χ1) is 14.0. The molecule has 1 atom stereocenters. The minimum Gasteiger partial charge on any atom is -0.496 e. The molecule has 6 heteroatoms. The van der Waals surface area contributed by atoms with E-state index in [1.54, 1.807) is 7.11 Å².